The molecule has 1 aromatic heterocycles. The summed E-state index contributed by atoms with van der Waals surface area (Å²) in [6, 6.07) is 18.1. The molecule has 1 atom stereocenters. The predicted octanol–water partition coefficient (Wildman–Crippen LogP) is 4.28. The number of hydrogen-bond acceptors (Lipinski definition) is 3. The van der Waals surface area contributed by atoms with Gasteiger partial charge in [0.05, 0.1) is 6.54 Å². The number of anilines is 1. The molecular formula is C27H34N4O2. The minimum absolute atomic E-state index is 0.107. The Labute approximate surface area is 196 Å². The third-order valence-electron chi connectivity index (χ3n) is 6.63. The second-order valence-corrected chi connectivity index (χ2v) is 9.84. The van der Waals surface area contributed by atoms with Gasteiger partial charge in [-0.2, -0.15) is 0 Å². The molecule has 2 amide bonds. The first-order valence-corrected chi connectivity index (χ1v) is 11.7. The maximum Gasteiger partial charge on any atom is 0.271 e. The van der Waals surface area contributed by atoms with Gasteiger partial charge in [0.25, 0.3) is 5.91 Å². The molecule has 0 saturated heterocycles. The van der Waals surface area contributed by atoms with Crippen molar-refractivity contribution in [3.8, 4) is 0 Å². The number of benzene rings is 2. The number of aromatic nitrogens is 1. The third kappa shape index (κ3) is 4.34. The van der Waals surface area contributed by atoms with Gasteiger partial charge in [0.1, 0.15) is 11.2 Å². The fourth-order valence-corrected chi connectivity index (χ4v) is 4.50. The lowest BCUT2D eigenvalue weighted by Gasteiger charge is -2.44. The normalized spacial score (nSPS) is 18.0. The van der Waals surface area contributed by atoms with Crippen LogP contribution in [0.25, 0.3) is 10.9 Å². The Balaban J connectivity index is 1.71. The highest BCUT2D eigenvalue weighted by Gasteiger charge is 2.47. The summed E-state index contributed by atoms with van der Waals surface area (Å²) >= 11 is 0. The summed E-state index contributed by atoms with van der Waals surface area (Å²) in [6.45, 7) is 7.57. The van der Waals surface area contributed by atoms with Crippen molar-refractivity contribution < 1.29 is 9.59 Å². The van der Waals surface area contributed by atoms with Gasteiger partial charge in [0, 0.05) is 43.8 Å². The highest BCUT2D eigenvalue weighted by atomic mass is 16.2. The molecule has 0 fully saturated rings. The predicted molar refractivity (Wildman–Crippen MR) is 133 cm³/mol. The zero-order valence-electron chi connectivity index (χ0n) is 20.3. The Kier molecular flexibility index (Phi) is 6.19. The van der Waals surface area contributed by atoms with E-state index in [4.69, 9.17) is 0 Å². The number of hydrogen-bond donors (Lipinski definition) is 1. The first-order valence-electron chi connectivity index (χ1n) is 11.7. The van der Waals surface area contributed by atoms with Crippen LogP contribution in [0, 0.1) is 5.92 Å². The maximum atomic E-state index is 13.8. The molecule has 0 aliphatic carbocycles. The molecule has 6 nitrogen and oxygen atoms in total. The number of carbonyl (C=O) groups excluding carboxylic acids is 2. The van der Waals surface area contributed by atoms with Crippen LogP contribution < -0.4 is 10.2 Å². The molecular weight excluding hydrogens is 412 g/mol. The molecule has 0 saturated carbocycles. The monoisotopic (exact) mass is 446 g/mol. The van der Waals surface area contributed by atoms with E-state index in [1.807, 2.05) is 85.1 Å². The molecule has 4 rings (SSSR count). The Hall–Kier alpha value is -3.28. The number of rotatable bonds is 7. The van der Waals surface area contributed by atoms with Crippen molar-refractivity contribution in [2.45, 2.75) is 45.8 Å². The highest BCUT2D eigenvalue weighted by molar-refractivity contribution is 6.03. The zero-order chi connectivity index (χ0) is 23.8. The number of para-hydroxylation sites is 1. The van der Waals surface area contributed by atoms with E-state index in [0.717, 1.165) is 28.6 Å². The Bertz CT molecular complexity index is 1160. The minimum atomic E-state index is -0.997. The highest BCUT2D eigenvalue weighted by Crippen LogP contribution is 2.33. The van der Waals surface area contributed by atoms with Crippen molar-refractivity contribution in [1.82, 2.24) is 14.8 Å². The van der Waals surface area contributed by atoms with E-state index in [9.17, 15) is 9.59 Å². The van der Waals surface area contributed by atoms with Gasteiger partial charge in [-0.15, -0.1) is 0 Å². The van der Waals surface area contributed by atoms with Crippen LogP contribution in [0.2, 0.25) is 0 Å². The second kappa shape index (κ2) is 8.93. The van der Waals surface area contributed by atoms with Crippen molar-refractivity contribution in [2.24, 2.45) is 5.92 Å². The molecule has 3 aromatic rings. The molecule has 174 valence electrons. The number of fused-ring (bicyclic) bond motifs is 3. The molecule has 1 N–H and O–H groups in total. The minimum Gasteiger partial charge on any atom is -0.378 e. The SMILES string of the molecule is CC(C)CCNC(=O)[C@@]1(C)Cn2c(cc3ccccc32)C(=O)N1Cc1ccc(N(C)C)cc1. The lowest BCUT2D eigenvalue weighted by molar-refractivity contribution is -0.133. The fraction of sp³-hybridized carbons (Fsp3) is 0.407. The fourth-order valence-electron chi connectivity index (χ4n) is 4.50. The second-order valence-electron chi connectivity index (χ2n) is 9.84. The molecule has 1 aliphatic heterocycles. The lowest BCUT2D eigenvalue weighted by Crippen LogP contribution is -2.63. The number of carbonyl (C=O) groups is 2. The Morgan fingerprint density at radius 2 is 1.82 bits per heavy atom. The summed E-state index contributed by atoms with van der Waals surface area (Å²) < 4.78 is 2.01. The van der Waals surface area contributed by atoms with Gasteiger partial charge >= 0.3 is 0 Å². The van der Waals surface area contributed by atoms with Crippen LogP contribution in [-0.2, 0) is 17.9 Å². The summed E-state index contributed by atoms with van der Waals surface area (Å²) in [5.41, 5.74) is 2.71. The number of nitrogens with one attached hydrogen (secondary N) is 1. The molecule has 0 radical (unpaired) electrons. The van der Waals surface area contributed by atoms with Crippen LogP contribution in [0.4, 0.5) is 5.69 Å². The van der Waals surface area contributed by atoms with E-state index in [1.54, 1.807) is 4.90 Å². The summed E-state index contributed by atoms with van der Waals surface area (Å²) in [7, 11) is 4.00. The van der Waals surface area contributed by atoms with Crippen molar-refractivity contribution in [2.75, 3.05) is 25.5 Å². The Morgan fingerprint density at radius 1 is 1.12 bits per heavy atom. The van der Waals surface area contributed by atoms with Gasteiger partial charge in [-0.3, -0.25) is 9.59 Å². The van der Waals surface area contributed by atoms with Crippen molar-refractivity contribution in [3.63, 3.8) is 0 Å². The summed E-state index contributed by atoms with van der Waals surface area (Å²) in [4.78, 5) is 31.1. The summed E-state index contributed by atoms with van der Waals surface area (Å²) in [6.07, 6.45) is 0.902. The van der Waals surface area contributed by atoms with Crippen molar-refractivity contribution >= 4 is 28.4 Å². The van der Waals surface area contributed by atoms with Crippen LogP contribution >= 0.6 is 0 Å². The molecule has 2 aromatic carbocycles. The van der Waals surface area contributed by atoms with Gasteiger partial charge in [0.15, 0.2) is 0 Å². The first kappa shape index (κ1) is 22.9. The van der Waals surface area contributed by atoms with Crippen LogP contribution in [-0.4, -0.2) is 47.5 Å². The van der Waals surface area contributed by atoms with Crippen LogP contribution in [0.15, 0.2) is 54.6 Å². The van der Waals surface area contributed by atoms with Gasteiger partial charge in [-0.05, 0) is 49.1 Å². The quantitative estimate of drug-likeness (QED) is 0.589. The van der Waals surface area contributed by atoms with E-state index in [0.29, 0.717) is 31.2 Å². The van der Waals surface area contributed by atoms with E-state index < -0.39 is 5.54 Å². The van der Waals surface area contributed by atoms with Crippen molar-refractivity contribution in [1.29, 1.82) is 0 Å². The number of amides is 2. The van der Waals surface area contributed by atoms with Gasteiger partial charge < -0.3 is 19.7 Å². The van der Waals surface area contributed by atoms with Crippen LogP contribution in [0.3, 0.4) is 0 Å². The smallest absolute Gasteiger partial charge is 0.271 e. The lowest BCUT2D eigenvalue weighted by atomic mass is 9.93. The van der Waals surface area contributed by atoms with Gasteiger partial charge in [-0.1, -0.05) is 44.2 Å². The third-order valence-corrected chi connectivity index (χ3v) is 6.63. The van der Waals surface area contributed by atoms with E-state index >= 15 is 0 Å². The van der Waals surface area contributed by atoms with Crippen LogP contribution in [0.5, 0.6) is 0 Å². The molecule has 1 aliphatic rings. The van der Waals surface area contributed by atoms with Crippen LogP contribution in [0.1, 0.15) is 43.2 Å². The molecule has 33 heavy (non-hydrogen) atoms. The summed E-state index contributed by atoms with van der Waals surface area (Å²) in [5, 5.41) is 4.12. The number of nitrogens with zero attached hydrogens (tertiary/aromatic N) is 3. The van der Waals surface area contributed by atoms with E-state index in [1.165, 1.54) is 0 Å². The molecule has 0 unspecified atom stereocenters. The van der Waals surface area contributed by atoms with E-state index in [-0.39, 0.29) is 11.8 Å². The molecule has 0 spiro atoms. The molecule has 2 heterocycles. The average Bonchev–Trinajstić information content (AvgIpc) is 3.15. The van der Waals surface area contributed by atoms with E-state index in [2.05, 4.69) is 19.2 Å². The first-order chi connectivity index (χ1) is 15.7. The average molecular weight is 447 g/mol. The Morgan fingerprint density at radius 3 is 2.48 bits per heavy atom. The molecule has 0 bridgehead atoms. The summed E-state index contributed by atoms with van der Waals surface area (Å²) in [5.74, 6) is 0.276. The standard InChI is InChI=1S/C27H34N4O2/c1-19(2)14-15-28-26(33)27(3)18-30-23-9-7-6-8-21(23)16-24(30)25(32)31(27)17-20-10-12-22(13-11-20)29(4)5/h6-13,16,19H,14-15,17-18H2,1-5H3,(H,28,33)/t27-/m1/s1. The van der Waals surface area contributed by atoms with Gasteiger partial charge in [-0.25, -0.2) is 0 Å². The topological polar surface area (TPSA) is 57.6 Å². The maximum absolute atomic E-state index is 13.8. The largest absolute Gasteiger partial charge is 0.378 e. The van der Waals surface area contributed by atoms with Crippen molar-refractivity contribution in [3.05, 3.63) is 65.9 Å². The zero-order valence-corrected chi connectivity index (χ0v) is 20.3. The molecule has 6 heteroatoms. The van der Waals surface area contributed by atoms with Gasteiger partial charge in [0.2, 0.25) is 5.91 Å².